The highest BCUT2D eigenvalue weighted by Gasteiger charge is 2.10. The molecule has 2 aromatic rings. The first kappa shape index (κ1) is 15.6. The molecule has 22 heavy (non-hydrogen) atoms. The average Bonchev–Trinajstić information content (AvgIpc) is 2.47. The van der Waals surface area contributed by atoms with E-state index < -0.39 is 12.3 Å². The molecule has 0 saturated carbocycles. The fourth-order valence-corrected chi connectivity index (χ4v) is 1.90. The Morgan fingerprint density at radius 3 is 2.00 bits per heavy atom. The number of aromatic carboxylic acids is 1. The molecule has 0 atom stereocenters. The maximum Gasteiger partial charge on any atom is 0.339 e. The Labute approximate surface area is 125 Å². The number of hydrogen-bond donors (Lipinski definition) is 5. The van der Waals surface area contributed by atoms with E-state index in [0.717, 1.165) is 0 Å². The van der Waals surface area contributed by atoms with E-state index in [1.807, 2.05) is 0 Å². The predicted molar refractivity (Wildman–Crippen MR) is 79.3 cm³/mol. The van der Waals surface area contributed by atoms with Crippen LogP contribution in [-0.4, -0.2) is 31.5 Å². The van der Waals surface area contributed by atoms with Gasteiger partial charge in [-0.05, 0) is 35.4 Å². The molecular weight excluding hydrogens is 288 g/mol. The van der Waals surface area contributed by atoms with Crippen molar-refractivity contribution in [3.63, 3.8) is 0 Å². The number of hydrogen-bond acceptors (Lipinski definition) is 5. The second-order valence-corrected chi connectivity index (χ2v) is 4.61. The van der Waals surface area contributed by atoms with E-state index in [-0.39, 0.29) is 22.6 Å². The van der Waals surface area contributed by atoms with E-state index in [9.17, 15) is 15.0 Å². The lowest BCUT2D eigenvalue weighted by atomic mass is 10.1. The summed E-state index contributed by atoms with van der Waals surface area (Å²) in [7, 11) is 0. The molecule has 5 N–H and O–H groups in total. The highest BCUT2D eigenvalue weighted by Crippen LogP contribution is 2.25. The molecule has 0 heterocycles. The number of phenols is 2. The normalized spacial score (nSPS) is 11.2. The van der Waals surface area contributed by atoms with Crippen LogP contribution in [0.4, 0.5) is 0 Å². The number of rotatable bonds is 4. The van der Waals surface area contributed by atoms with Gasteiger partial charge in [0, 0.05) is 5.56 Å². The summed E-state index contributed by atoms with van der Waals surface area (Å²) >= 11 is 0. The van der Waals surface area contributed by atoms with Gasteiger partial charge in [-0.3, -0.25) is 0 Å². The molecule has 0 aliphatic rings. The van der Waals surface area contributed by atoms with Gasteiger partial charge < -0.3 is 25.5 Å². The number of phenolic OH excluding ortho intramolecular Hbond substituents is 1. The van der Waals surface area contributed by atoms with Crippen LogP contribution in [0.15, 0.2) is 36.4 Å². The molecular formula is C16H14O6. The molecule has 0 spiro atoms. The zero-order valence-corrected chi connectivity index (χ0v) is 11.3. The maximum absolute atomic E-state index is 10.9. The lowest BCUT2D eigenvalue weighted by Gasteiger charge is -2.07. The van der Waals surface area contributed by atoms with E-state index in [2.05, 4.69) is 0 Å². The van der Waals surface area contributed by atoms with Gasteiger partial charge in [-0.15, -0.1) is 0 Å². The molecule has 0 bridgehead atoms. The lowest BCUT2D eigenvalue weighted by Crippen LogP contribution is -1.97. The number of aliphatic hydroxyl groups excluding tert-OH is 1. The molecule has 0 saturated heterocycles. The van der Waals surface area contributed by atoms with E-state index in [4.69, 9.17) is 15.3 Å². The summed E-state index contributed by atoms with van der Waals surface area (Å²) in [6.45, 7) is 0. The van der Waals surface area contributed by atoms with Crippen molar-refractivity contribution >= 4 is 18.1 Å². The molecule has 6 heteroatoms. The zero-order valence-electron chi connectivity index (χ0n) is 11.3. The van der Waals surface area contributed by atoms with Crippen LogP contribution in [0, 0.1) is 0 Å². The Bertz CT molecular complexity index is 733. The molecule has 114 valence electrons. The molecule has 0 unspecified atom stereocenters. The van der Waals surface area contributed by atoms with Gasteiger partial charge >= 0.3 is 5.97 Å². The Kier molecular flexibility index (Phi) is 4.45. The molecule has 0 aliphatic heterocycles. The summed E-state index contributed by atoms with van der Waals surface area (Å²) in [5, 5.41) is 46.1. The third-order valence-corrected chi connectivity index (χ3v) is 3.05. The van der Waals surface area contributed by atoms with Gasteiger partial charge in [-0.1, -0.05) is 24.3 Å². The standard InChI is InChI=1S/C16H14O6/c17-13-5-3-9(7-11(13)15(19)20)1-2-10-4-6-14(18)12(8-10)16(21)22/h1-8,15,17-20H,(H,21,22)/b2-1+. The fourth-order valence-electron chi connectivity index (χ4n) is 1.90. The summed E-state index contributed by atoms with van der Waals surface area (Å²) in [6.07, 6.45) is 1.43. The van der Waals surface area contributed by atoms with Gasteiger partial charge in [0.2, 0.25) is 0 Å². The van der Waals surface area contributed by atoms with Crippen LogP contribution in [-0.2, 0) is 0 Å². The SMILES string of the molecule is O=C(O)c1cc(/C=C/c2ccc(O)c(C(O)O)c2)ccc1O. The Balaban J connectivity index is 2.31. The molecule has 0 aromatic heterocycles. The van der Waals surface area contributed by atoms with Crippen molar-refractivity contribution in [2.24, 2.45) is 0 Å². The first-order valence-electron chi connectivity index (χ1n) is 6.32. The van der Waals surface area contributed by atoms with Crippen molar-refractivity contribution in [1.29, 1.82) is 0 Å². The minimum atomic E-state index is -1.79. The minimum absolute atomic E-state index is 0.0286. The van der Waals surface area contributed by atoms with E-state index >= 15 is 0 Å². The number of aromatic hydroxyl groups is 2. The van der Waals surface area contributed by atoms with Gasteiger partial charge in [0.15, 0.2) is 6.29 Å². The molecule has 0 radical (unpaired) electrons. The summed E-state index contributed by atoms with van der Waals surface area (Å²) < 4.78 is 0. The summed E-state index contributed by atoms with van der Waals surface area (Å²) in [4.78, 5) is 10.9. The van der Waals surface area contributed by atoms with E-state index in [1.54, 1.807) is 24.3 Å². The van der Waals surface area contributed by atoms with Crippen molar-refractivity contribution < 1.29 is 30.3 Å². The van der Waals surface area contributed by atoms with Gasteiger partial charge in [-0.25, -0.2) is 4.79 Å². The first-order valence-corrected chi connectivity index (χ1v) is 6.32. The lowest BCUT2D eigenvalue weighted by molar-refractivity contribution is -0.0438. The quantitative estimate of drug-likeness (QED) is 0.435. The van der Waals surface area contributed by atoms with Gasteiger partial charge in [0.25, 0.3) is 0 Å². The fraction of sp³-hybridized carbons (Fsp3) is 0.0625. The number of carboxylic acid groups (broad SMARTS) is 1. The van der Waals surface area contributed by atoms with Gasteiger partial charge in [0.05, 0.1) is 0 Å². The smallest absolute Gasteiger partial charge is 0.339 e. The Morgan fingerprint density at radius 2 is 1.45 bits per heavy atom. The molecule has 0 fully saturated rings. The number of aliphatic hydroxyl groups is 2. The van der Waals surface area contributed by atoms with Gasteiger partial charge in [-0.2, -0.15) is 0 Å². The van der Waals surface area contributed by atoms with Crippen molar-refractivity contribution in [1.82, 2.24) is 0 Å². The summed E-state index contributed by atoms with van der Waals surface area (Å²) in [5.41, 5.74) is 0.902. The Hall–Kier alpha value is -2.83. The largest absolute Gasteiger partial charge is 0.507 e. The predicted octanol–water partition coefficient (Wildman–Crippen LogP) is 1.95. The van der Waals surface area contributed by atoms with Crippen LogP contribution in [0.2, 0.25) is 0 Å². The van der Waals surface area contributed by atoms with Crippen molar-refractivity contribution in [3.8, 4) is 11.5 Å². The molecule has 6 nitrogen and oxygen atoms in total. The third-order valence-electron chi connectivity index (χ3n) is 3.05. The number of carbonyl (C=O) groups is 1. The highest BCUT2D eigenvalue weighted by atomic mass is 16.5. The molecule has 2 rings (SSSR count). The third kappa shape index (κ3) is 3.43. The van der Waals surface area contributed by atoms with Crippen LogP contribution in [0.25, 0.3) is 12.2 Å². The molecule has 2 aromatic carbocycles. The topological polar surface area (TPSA) is 118 Å². The van der Waals surface area contributed by atoms with Crippen LogP contribution >= 0.6 is 0 Å². The molecule has 0 aliphatic carbocycles. The van der Waals surface area contributed by atoms with Crippen LogP contribution in [0.3, 0.4) is 0 Å². The van der Waals surface area contributed by atoms with Crippen molar-refractivity contribution in [3.05, 3.63) is 58.7 Å². The van der Waals surface area contributed by atoms with Crippen molar-refractivity contribution in [2.75, 3.05) is 0 Å². The Morgan fingerprint density at radius 1 is 0.909 bits per heavy atom. The van der Waals surface area contributed by atoms with E-state index in [1.165, 1.54) is 24.3 Å². The summed E-state index contributed by atoms with van der Waals surface area (Å²) in [6, 6.07) is 8.43. The minimum Gasteiger partial charge on any atom is -0.507 e. The summed E-state index contributed by atoms with van der Waals surface area (Å²) in [5.74, 6) is -1.78. The monoisotopic (exact) mass is 302 g/mol. The van der Waals surface area contributed by atoms with Crippen LogP contribution < -0.4 is 0 Å². The van der Waals surface area contributed by atoms with Crippen LogP contribution in [0.5, 0.6) is 11.5 Å². The second-order valence-electron chi connectivity index (χ2n) is 4.61. The second kappa shape index (κ2) is 6.30. The first-order chi connectivity index (χ1) is 10.4. The maximum atomic E-state index is 10.9. The van der Waals surface area contributed by atoms with Crippen LogP contribution in [0.1, 0.15) is 33.3 Å². The number of benzene rings is 2. The van der Waals surface area contributed by atoms with Crippen molar-refractivity contribution in [2.45, 2.75) is 6.29 Å². The molecule has 0 amide bonds. The van der Waals surface area contributed by atoms with Gasteiger partial charge in [0.1, 0.15) is 17.1 Å². The van der Waals surface area contributed by atoms with E-state index in [0.29, 0.717) is 11.1 Å². The number of carboxylic acids is 1. The average molecular weight is 302 g/mol. The highest BCUT2D eigenvalue weighted by molar-refractivity contribution is 5.91. The zero-order chi connectivity index (χ0) is 16.3.